The van der Waals surface area contributed by atoms with Gasteiger partial charge in [0.05, 0.1) is 7.11 Å². The molecule has 2 aromatic heterocycles. The first kappa shape index (κ1) is 16.0. The van der Waals surface area contributed by atoms with E-state index in [2.05, 4.69) is 5.32 Å². The predicted molar refractivity (Wildman–Crippen MR) is 103 cm³/mol. The minimum absolute atomic E-state index is 0.211. The molecule has 0 amide bonds. The normalized spacial score (nSPS) is 10.8. The van der Waals surface area contributed by atoms with E-state index in [1.807, 2.05) is 66.1 Å². The van der Waals surface area contributed by atoms with Gasteiger partial charge in [-0.15, -0.1) is 0 Å². The van der Waals surface area contributed by atoms with Crippen LogP contribution in [-0.4, -0.2) is 21.6 Å². The van der Waals surface area contributed by atoms with E-state index >= 15 is 0 Å². The van der Waals surface area contributed by atoms with Gasteiger partial charge in [-0.2, -0.15) is 0 Å². The van der Waals surface area contributed by atoms with Gasteiger partial charge in [0.25, 0.3) is 0 Å². The standard InChI is InChI=1S/C21H19N3O2/c1-14-9-10-19-23-20(15-5-3-7-17(25)11-15)21(24(19)13-14)22-16-6-4-8-18(12-16)26-2/h3-13,22,25H,1-2H3. The Morgan fingerprint density at radius 3 is 2.69 bits per heavy atom. The number of anilines is 2. The van der Waals surface area contributed by atoms with E-state index in [0.29, 0.717) is 0 Å². The number of aromatic nitrogens is 2. The zero-order valence-corrected chi connectivity index (χ0v) is 14.6. The van der Waals surface area contributed by atoms with Gasteiger partial charge in [0.2, 0.25) is 0 Å². The van der Waals surface area contributed by atoms with Crippen molar-refractivity contribution >= 4 is 17.2 Å². The summed E-state index contributed by atoms with van der Waals surface area (Å²) >= 11 is 0. The number of imidazole rings is 1. The molecule has 0 radical (unpaired) electrons. The number of ether oxygens (including phenoxy) is 1. The topological polar surface area (TPSA) is 58.8 Å². The van der Waals surface area contributed by atoms with Crippen LogP contribution in [0.2, 0.25) is 0 Å². The molecular weight excluding hydrogens is 326 g/mol. The lowest BCUT2D eigenvalue weighted by molar-refractivity contribution is 0.415. The molecule has 0 fully saturated rings. The Balaban J connectivity index is 1.90. The number of pyridine rings is 1. The SMILES string of the molecule is COc1cccc(Nc2c(-c3cccc(O)c3)nc3ccc(C)cn23)c1. The average molecular weight is 345 g/mol. The molecule has 26 heavy (non-hydrogen) atoms. The van der Waals surface area contributed by atoms with Crippen LogP contribution in [0.3, 0.4) is 0 Å². The van der Waals surface area contributed by atoms with Crippen molar-refractivity contribution in [2.24, 2.45) is 0 Å². The fourth-order valence-corrected chi connectivity index (χ4v) is 2.96. The summed E-state index contributed by atoms with van der Waals surface area (Å²) in [7, 11) is 1.65. The number of aromatic hydroxyl groups is 1. The van der Waals surface area contributed by atoms with Gasteiger partial charge < -0.3 is 15.2 Å². The maximum Gasteiger partial charge on any atom is 0.143 e. The Bertz CT molecular complexity index is 1090. The number of nitrogens with one attached hydrogen (secondary N) is 1. The Labute approximate surface area is 151 Å². The molecule has 5 heteroatoms. The van der Waals surface area contributed by atoms with Crippen LogP contribution >= 0.6 is 0 Å². The number of phenols is 1. The van der Waals surface area contributed by atoms with Crippen molar-refractivity contribution < 1.29 is 9.84 Å². The summed E-state index contributed by atoms with van der Waals surface area (Å²) in [5.41, 5.74) is 4.48. The van der Waals surface area contributed by atoms with Crippen LogP contribution in [0, 0.1) is 6.92 Å². The number of nitrogens with zero attached hydrogens (tertiary/aromatic N) is 2. The van der Waals surface area contributed by atoms with E-state index in [9.17, 15) is 5.11 Å². The predicted octanol–water partition coefficient (Wildman–Crippen LogP) is 4.77. The first-order chi connectivity index (χ1) is 12.6. The minimum Gasteiger partial charge on any atom is -0.508 e. The molecule has 4 rings (SSSR count). The quantitative estimate of drug-likeness (QED) is 0.559. The van der Waals surface area contributed by atoms with Crippen molar-refractivity contribution in [2.75, 3.05) is 12.4 Å². The zero-order chi connectivity index (χ0) is 18.1. The van der Waals surface area contributed by atoms with Crippen LogP contribution in [0.1, 0.15) is 5.56 Å². The van der Waals surface area contributed by atoms with Crippen LogP contribution in [0.15, 0.2) is 66.9 Å². The molecule has 2 N–H and O–H groups in total. The van der Waals surface area contributed by atoms with Crippen LogP contribution in [0.25, 0.3) is 16.9 Å². The maximum atomic E-state index is 9.87. The van der Waals surface area contributed by atoms with Gasteiger partial charge in [0.15, 0.2) is 0 Å². The molecule has 4 aromatic rings. The molecule has 0 aliphatic rings. The fourth-order valence-electron chi connectivity index (χ4n) is 2.96. The van der Waals surface area contributed by atoms with Gasteiger partial charge >= 0.3 is 0 Å². The number of rotatable bonds is 4. The van der Waals surface area contributed by atoms with Gasteiger partial charge in [0.1, 0.15) is 28.7 Å². The van der Waals surface area contributed by atoms with E-state index in [1.165, 1.54) is 0 Å². The molecule has 0 aliphatic heterocycles. The summed E-state index contributed by atoms with van der Waals surface area (Å²) in [5, 5.41) is 13.3. The van der Waals surface area contributed by atoms with Crippen molar-refractivity contribution in [3.05, 3.63) is 72.4 Å². The third-order valence-corrected chi connectivity index (χ3v) is 4.22. The molecule has 0 aliphatic carbocycles. The number of methoxy groups -OCH3 is 1. The molecule has 5 nitrogen and oxygen atoms in total. The van der Waals surface area contributed by atoms with Crippen LogP contribution < -0.4 is 10.1 Å². The molecule has 0 saturated heterocycles. The Hall–Kier alpha value is -3.47. The fraction of sp³-hybridized carbons (Fsp3) is 0.0952. The van der Waals surface area contributed by atoms with E-state index in [-0.39, 0.29) is 5.75 Å². The summed E-state index contributed by atoms with van der Waals surface area (Å²) in [6.07, 6.45) is 2.04. The summed E-state index contributed by atoms with van der Waals surface area (Å²) in [6.45, 7) is 2.04. The van der Waals surface area contributed by atoms with Gasteiger partial charge in [-0.25, -0.2) is 4.98 Å². The molecule has 0 atom stereocenters. The lowest BCUT2D eigenvalue weighted by atomic mass is 10.1. The van der Waals surface area contributed by atoms with Gasteiger partial charge in [-0.3, -0.25) is 4.40 Å². The van der Waals surface area contributed by atoms with Crippen LogP contribution in [0.5, 0.6) is 11.5 Å². The van der Waals surface area contributed by atoms with E-state index in [0.717, 1.165) is 39.7 Å². The number of hydrogen-bond acceptors (Lipinski definition) is 4. The largest absolute Gasteiger partial charge is 0.508 e. The monoisotopic (exact) mass is 345 g/mol. The van der Waals surface area contributed by atoms with E-state index in [1.54, 1.807) is 19.2 Å². The molecule has 0 spiro atoms. The average Bonchev–Trinajstić information content (AvgIpc) is 3.00. The summed E-state index contributed by atoms with van der Waals surface area (Å²) in [5.74, 6) is 1.82. The molecular formula is C21H19N3O2. The summed E-state index contributed by atoms with van der Waals surface area (Å²) in [6, 6.07) is 18.9. The highest BCUT2D eigenvalue weighted by Crippen LogP contribution is 2.33. The maximum absolute atomic E-state index is 9.87. The summed E-state index contributed by atoms with van der Waals surface area (Å²) in [4.78, 5) is 4.76. The van der Waals surface area contributed by atoms with E-state index < -0.39 is 0 Å². The number of benzene rings is 2. The Kier molecular flexibility index (Phi) is 3.97. The number of phenolic OH excluding ortho intramolecular Hbond substituents is 1. The second kappa shape index (κ2) is 6.44. The van der Waals surface area contributed by atoms with E-state index in [4.69, 9.17) is 9.72 Å². The second-order valence-corrected chi connectivity index (χ2v) is 6.15. The van der Waals surface area contributed by atoms with Crippen molar-refractivity contribution in [1.29, 1.82) is 0 Å². The molecule has 0 saturated carbocycles. The minimum atomic E-state index is 0.211. The first-order valence-electron chi connectivity index (χ1n) is 8.33. The number of hydrogen-bond donors (Lipinski definition) is 2. The molecule has 2 heterocycles. The lowest BCUT2D eigenvalue weighted by Gasteiger charge is -2.10. The number of fused-ring (bicyclic) bond motifs is 1. The lowest BCUT2D eigenvalue weighted by Crippen LogP contribution is -1.98. The van der Waals surface area contributed by atoms with Crippen molar-refractivity contribution in [1.82, 2.24) is 9.38 Å². The Morgan fingerprint density at radius 2 is 1.88 bits per heavy atom. The zero-order valence-electron chi connectivity index (χ0n) is 14.6. The Morgan fingerprint density at radius 1 is 1.04 bits per heavy atom. The van der Waals surface area contributed by atoms with Gasteiger partial charge in [-0.05, 0) is 42.8 Å². The molecule has 130 valence electrons. The molecule has 0 unspecified atom stereocenters. The van der Waals surface area contributed by atoms with Gasteiger partial charge in [0, 0.05) is 23.5 Å². The van der Waals surface area contributed by atoms with Gasteiger partial charge in [-0.1, -0.05) is 24.3 Å². The van der Waals surface area contributed by atoms with Crippen molar-refractivity contribution in [2.45, 2.75) is 6.92 Å². The summed E-state index contributed by atoms with van der Waals surface area (Å²) < 4.78 is 7.34. The third kappa shape index (κ3) is 2.95. The second-order valence-electron chi connectivity index (χ2n) is 6.15. The first-order valence-corrected chi connectivity index (χ1v) is 8.33. The highest BCUT2D eigenvalue weighted by Gasteiger charge is 2.15. The highest BCUT2D eigenvalue weighted by atomic mass is 16.5. The van der Waals surface area contributed by atoms with Crippen molar-refractivity contribution in [3.8, 4) is 22.8 Å². The molecule has 0 bridgehead atoms. The van der Waals surface area contributed by atoms with Crippen LogP contribution in [0.4, 0.5) is 11.5 Å². The smallest absolute Gasteiger partial charge is 0.143 e. The molecule has 2 aromatic carbocycles. The highest BCUT2D eigenvalue weighted by molar-refractivity contribution is 5.80. The van der Waals surface area contributed by atoms with Crippen LogP contribution in [-0.2, 0) is 0 Å². The van der Waals surface area contributed by atoms with Crippen molar-refractivity contribution in [3.63, 3.8) is 0 Å². The number of aryl methyl sites for hydroxylation is 1. The third-order valence-electron chi connectivity index (χ3n) is 4.22.